The monoisotopic (exact) mass is 334 g/mol. The van der Waals surface area contributed by atoms with Crippen molar-refractivity contribution in [1.82, 2.24) is 0 Å². The van der Waals surface area contributed by atoms with Crippen LogP contribution in [0.25, 0.3) is 0 Å². The van der Waals surface area contributed by atoms with Crippen molar-refractivity contribution >= 4 is 63.7 Å². The molecule has 0 saturated heterocycles. The van der Waals surface area contributed by atoms with Gasteiger partial charge in [-0.15, -0.1) is 0 Å². The Kier molecular flexibility index (Phi) is 6.91. The Bertz CT molecular complexity index is 469. The number of nitro groups is 1. The van der Waals surface area contributed by atoms with Crippen LogP contribution in [0.5, 0.6) is 0 Å². The molecular formula is C8H3Cl5N2O2. The molecule has 0 spiro atoms. The van der Waals surface area contributed by atoms with Crippen LogP contribution in [-0.2, 0) is 0 Å². The molecule has 0 aliphatic rings. The number of rotatable bonds is 1. The second-order valence-electron chi connectivity index (χ2n) is 2.40. The molecule has 0 heterocycles. The molecule has 0 atom stereocenters. The van der Waals surface area contributed by atoms with E-state index in [4.69, 9.17) is 63.3 Å². The fourth-order valence-electron chi connectivity index (χ4n) is 0.754. The fraction of sp³-hybridized carbons (Fsp3) is 0.125. The van der Waals surface area contributed by atoms with E-state index in [-0.39, 0.29) is 25.1 Å². The van der Waals surface area contributed by atoms with Gasteiger partial charge in [-0.3, -0.25) is 10.1 Å². The molecule has 9 heteroatoms. The third-order valence-corrected chi connectivity index (χ3v) is 3.63. The zero-order valence-corrected chi connectivity index (χ0v) is 11.9. The van der Waals surface area contributed by atoms with E-state index < -0.39 is 10.6 Å². The minimum atomic E-state index is -0.779. The molecule has 1 aromatic rings. The van der Waals surface area contributed by atoms with Crippen LogP contribution in [0.1, 0.15) is 6.92 Å². The molecule has 0 aromatic heterocycles. The number of hydrogen-bond donors (Lipinski definition) is 0. The molecule has 1 aromatic carbocycles. The molecule has 1 rings (SSSR count). The Morgan fingerprint density at radius 3 is 1.47 bits per heavy atom. The Hall–Kier alpha value is -0.440. The van der Waals surface area contributed by atoms with Crippen molar-refractivity contribution in [3.8, 4) is 6.07 Å². The van der Waals surface area contributed by atoms with Gasteiger partial charge in [0.05, 0.1) is 26.1 Å². The lowest BCUT2D eigenvalue weighted by Gasteiger charge is -2.05. The summed E-state index contributed by atoms with van der Waals surface area (Å²) in [6.45, 7) is 1.43. The SMILES string of the molecule is CC#N.O=[N+]([O-])c1c(Cl)c(Cl)c(Cl)c(Cl)c1Cl. The van der Waals surface area contributed by atoms with Crippen LogP contribution in [0.4, 0.5) is 5.69 Å². The zero-order valence-electron chi connectivity index (χ0n) is 8.10. The highest BCUT2D eigenvalue weighted by atomic mass is 35.5. The van der Waals surface area contributed by atoms with Crippen molar-refractivity contribution in [2.24, 2.45) is 0 Å². The summed E-state index contributed by atoms with van der Waals surface area (Å²) in [5.41, 5.74) is -0.548. The van der Waals surface area contributed by atoms with Crippen LogP contribution in [-0.4, -0.2) is 4.92 Å². The van der Waals surface area contributed by atoms with Gasteiger partial charge in [-0.2, -0.15) is 5.26 Å². The summed E-state index contributed by atoms with van der Waals surface area (Å²) in [5, 5.41) is 16.7. The molecule has 0 saturated carbocycles. The summed E-state index contributed by atoms with van der Waals surface area (Å²) in [5.74, 6) is 0. The van der Waals surface area contributed by atoms with Gasteiger partial charge in [-0.05, 0) is 0 Å². The number of benzene rings is 1. The second kappa shape index (κ2) is 7.10. The van der Waals surface area contributed by atoms with E-state index in [1.807, 2.05) is 0 Å². The lowest BCUT2D eigenvalue weighted by Crippen LogP contribution is -1.92. The summed E-state index contributed by atoms with van der Waals surface area (Å²) in [6, 6.07) is 1.75. The van der Waals surface area contributed by atoms with Crippen LogP contribution >= 0.6 is 58.0 Å². The van der Waals surface area contributed by atoms with E-state index in [0.717, 1.165) is 0 Å². The highest BCUT2D eigenvalue weighted by Crippen LogP contribution is 2.47. The quantitative estimate of drug-likeness (QED) is 0.299. The topological polar surface area (TPSA) is 66.9 Å². The Balaban J connectivity index is 0.000000770. The molecule has 0 aliphatic carbocycles. The summed E-state index contributed by atoms with van der Waals surface area (Å²) in [4.78, 5) is 9.76. The molecule has 92 valence electrons. The van der Waals surface area contributed by atoms with E-state index in [1.165, 1.54) is 6.92 Å². The van der Waals surface area contributed by atoms with Gasteiger partial charge >= 0.3 is 5.69 Å². The van der Waals surface area contributed by atoms with Gasteiger partial charge in [0.25, 0.3) is 0 Å². The van der Waals surface area contributed by atoms with Crippen LogP contribution in [0.2, 0.25) is 25.1 Å². The first-order valence-corrected chi connectivity index (χ1v) is 5.65. The van der Waals surface area contributed by atoms with E-state index in [0.29, 0.717) is 0 Å². The Labute approximate surface area is 122 Å². The molecule has 0 N–H and O–H groups in total. The first-order chi connectivity index (χ1) is 7.79. The van der Waals surface area contributed by atoms with Gasteiger partial charge in [0.2, 0.25) is 0 Å². The smallest absolute Gasteiger partial charge is 0.258 e. The average Bonchev–Trinajstić information content (AvgIpc) is 2.24. The third kappa shape index (κ3) is 3.77. The van der Waals surface area contributed by atoms with Crippen LogP contribution in [0.15, 0.2) is 0 Å². The van der Waals surface area contributed by atoms with Gasteiger partial charge in [0.1, 0.15) is 10.0 Å². The molecule has 0 radical (unpaired) electrons. The lowest BCUT2D eigenvalue weighted by atomic mass is 10.3. The van der Waals surface area contributed by atoms with Crippen LogP contribution < -0.4 is 0 Å². The minimum absolute atomic E-state index is 0.103. The van der Waals surface area contributed by atoms with Crippen molar-refractivity contribution in [2.75, 3.05) is 0 Å². The first-order valence-electron chi connectivity index (χ1n) is 3.76. The maximum atomic E-state index is 10.5. The van der Waals surface area contributed by atoms with Crippen molar-refractivity contribution in [3.05, 3.63) is 35.2 Å². The summed E-state index contributed by atoms with van der Waals surface area (Å²) < 4.78 is 0. The predicted molar refractivity (Wildman–Crippen MR) is 69.4 cm³/mol. The van der Waals surface area contributed by atoms with Crippen molar-refractivity contribution in [1.29, 1.82) is 5.26 Å². The van der Waals surface area contributed by atoms with Crippen molar-refractivity contribution < 1.29 is 4.92 Å². The lowest BCUT2D eigenvalue weighted by molar-refractivity contribution is -0.384. The van der Waals surface area contributed by atoms with Gasteiger partial charge < -0.3 is 0 Å². The third-order valence-electron chi connectivity index (χ3n) is 1.37. The summed E-state index contributed by atoms with van der Waals surface area (Å²) in [7, 11) is 0. The Morgan fingerprint density at radius 1 is 1.00 bits per heavy atom. The number of nitriles is 1. The molecule has 0 bridgehead atoms. The van der Waals surface area contributed by atoms with Crippen LogP contribution in [0.3, 0.4) is 0 Å². The van der Waals surface area contributed by atoms with Gasteiger partial charge in [0, 0.05) is 6.92 Å². The van der Waals surface area contributed by atoms with Gasteiger partial charge in [-0.1, -0.05) is 58.0 Å². The summed E-state index contributed by atoms with van der Waals surface area (Å²) in [6.07, 6.45) is 0. The standard InChI is InChI=1S/C6Cl5NO2.C2H3N/c7-1-2(8)4(10)6(12(13)14)5(11)3(1)9;1-2-3/h;1H3. The average molecular weight is 336 g/mol. The molecule has 4 nitrogen and oxygen atoms in total. The molecule has 17 heavy (non-hydrogen) atoms. The number of hydrogen-bond acceptors (Lipinski definition) is 3. The minimum Gasteiger partial charge on any atom is -0.258 e. The highest BCUT2D eigenvalue weighted by Gasteiger charge is 2.27. The maximum absolute atomic E-state index is 10.5. The largest absolute Gasteiger partial charge is 0.309 e. The highest BCUT2D eigenvalue weighted by molar-refractivity contribution is 6.56. The molecule has 0 fully saturated rings. The number of nitrogens with zero attached hydrogens (tertiary/aromatic N) is 2. The molecule has 0 aliphatic heterocycles. The molecule has 0 amide bonds. The second-order valence-corrected chi connectivity index (χ2v) is 4.29. The number of nitro benzene ring substituents is 1. The maximum Gasteiger partial charge on any atom is 0.309 e. The van der Waals surface area contributed by atoms with Gasteiger partial charge in [-0.25, -0.2) is 0 Å². The predicted octanol–water partition coefficient (Wildman–Crippen LogP) is 5.39. The van der Waals surface area contributed by atoms with E-state index in [9.17, 15) is 10.1 Å². The fourth-order valence-corrected chi connectivity index (χ4v) is 2.02. The normalized spacial score (nSPS) is 9.00. The Morgan fingerprint density at radius 2 is 1.24 bits per heavy atom. The van der Waals surface area contributed by atoms with Gasteiger partial charge in [0.15, 0.2) is 0 Å². The number of halogens is 5. The van der Waals surface area contributed by atoms with E-state index >= 15 is 0 Å². The molecule has 0 unspecified atom stereocenters. The first kappa shape index (κ1) is 16.6. The van der Waals surface area contributed by atoms with Crippen molar-refractivity contribution in [3.63, 3.8) is 0 Å². The summed E-state index contributed by atoms with van der Waals surface area (Å²) >= 11 is 27.9. The zero-order chi connectivity index (χ0) is 13.7. The van der Waals surface area contributed by atoms with E-state index in [1.54, 1.807) is 6.07 Å². The van der Waals surface area contributed by atoms with Crippen LogP contribution in [0, 0.1) is 21.4 Å². The van der Waals surface area contributed by atoms with Crippen molar-refractivity contribution in [2.45, 2.75) is 6.92 Å². The van der Waals surface area contributed by atoms with E-state index in [2.05, 4.69) is 0 Å². The molecular weight excluding hydrogens is 333 g/mol.